The van der Waals surface area contributed by atoms with Crippen LogP contribution in [0.1, 0.15) is 30.9 Å². The summed E-state index contributed by atoms with van der Waals surface area (Å²) in [6, 6.07) is 8.22. The Morgan fingerprint density at radius 1 is 1.32 bits per heavy atom. The number of anilines is 2. The predicted octanol–water partition coefficient (Wildman–Crippen LogP) is 2.10. The molecule has 0 spiro atoms. The Balaban J connectivity index is 1.92. The van der Waals surface area contributed by atoms with Crippen LogP contribution in [0.3, 0.4) is 0 Å². The van der Waals surface area contributed by atoms with Crippen molar-refractivity contribution < 1.29 is 9.47 Å². The minimum Gasteiger partial charge on any atom is -0.493 e. The minimum absolute atomic E-state index is 0.205. The largest absolute Gasteiger partial charge is 0.493 e. The van der Waals surface area contributed by atoms with Gasteiger partial charge in [0.1, 0.15) is 17.5 Å². The lowest BCUT2D eigenvalue weighted by Crippen LogP contribution is -2.43. The van der Waals surface area contributed by atoms with Gasteiger partial charge in [-0.15, -0.1) is 0 Å². The van der Waals surface area contributed by atoms with Gasteiger partial charge in [-0.05, 0) is 50.6 Å². The van der Waals surface area contributed by atoms with Gasteiger partial charge >= 0.3 is 0 Å². The molecule has 2 heterocycles. The molecule has 0 unspecified atom stereocenters. The Labute approximate surface area is 165 Å². The summed E-state index contributed by atoms with van der Waals surface area (Å²) >= 11 is 0. The lowest BCUT2D eigenvalue weighted by Gasteiger charge is -2.35. The third kappa shape index (κ3) is 4.43. The van der Waals surface area contributed by atoms with E-state index >= 15 is 0 Å². The number of nitriles is 1. The van der Waals surface area contributed by atoms with Gasteiger partial charge in [0.2, 0.25) is 5.95 Å². The number of nitrogens with two attached hydrogens (primary N) is 1. The van der Waals surface area contributed by atoms with E-state index < -0.39 is 0 Å². The van der Waals surface area contributed by atoms with Crippen LogP contribution < -0.4 is 25.4 Å². The van der Waals surface area contributed by atoms with Crippen LogP contribution in [-0.2, 0) is 6.54 Å². The number of nitrogens with zero attached hydrogens (tertiary/aromatic N) is 4. The Morgan fingerprint density at radius 2 is 2.11 bits per heavy atom. The van der Waals surface area contributed by atoms with Crippen molar-refractivity contribution in [3.05, 3.63) is 35.5 Å². The lowest BCUT2D eigenvalue weighted by molar-refractivity contribution is 0.310. The summed E-state index contributed by atoms with van der Waals surface area (Å²) in [5, 5.41) is 12.5. The van der Waals surface area contributed by atoms with Gasteiger partial charge in [-0.25, -0.2) is 4.98 Å². The van der Waals surface area contributed by atoms with Crippen LogP contribution in [0.5, 0.6) is 11.5 Å². The van der Waals surface area contributed by atoms with Crippen LogP contribution in [0, 0.1) is 11.3 Å². The molecule has 3 rings (SSSR count). The molecule has 0 amide bonds. The summed E-state index contributed by atoms with van der Waals surface area (Å²) in [4.78, 5) is 11.0. The molecule has 28 heavy (non-hydrogen) atoms. The zero-order valence-corrected chi connectivity index (χ0v) is 16.3. The van der Waals surface area contributed by atoms with E-state index in [9.17, 15) is 0 Å². The topological polar surface area (TPSA) is 109 Å². The number of rotatable bonds is 7. The predicted molar refractivity (Wildman–Crippen MR) is 107 cm³/mol. The average molecular weight is 382 g/mol. The molecule has 1 saturated heterocycles. The standard InChI is InChI=1S/C20H26N6O2/c1-3-28-18-10-14(4-5-17(18)27-2)13-26(16-6-8-23-9-7-16)20-24-12-15(11-21)19(22)25-20/h4-5,10,12,16,23H,3,6-9,13H2,1-2H3,(H2,22,24,25). The Morgan fingerprint density at radius 3 is 2.75 bits per heavy atom. The number of ether oxygens (including phenoxy) is 2. The number of hydrogen-bond acceptors (Lipinski definition) is 8. The molecular formula is C20H26N6O2. The van der Waals surface area contributed by atoms with Gasteiger partial charge < -0.3 is 25.4 Å². The lowest BCUT2D eigenvalue weighted by atomic mass is 10.0. The van der Waals surface area contributed by atoms with Crippen molar-refractivity contribution in [2.45, 2.75) is 32.4 Å². The summed E-state index contributed by atoms with van der Waals surface area (Å²) in [6.07, 6.45) is 3.46. The van der Waals surface area contributed by atoms with Crippen molar-refractivity contribution in [1.82, 2.24) is 15.3 Å². The fraction of sp³-hybridized carbons (Fsp3) is 0.450. The molecule has 1 aromatic carbocycles. The van der Waals surface area contributed by atoms with E-state index in [2.05, 4.69) is 20.2 Å². The van der Waals surface area contributed by atoms with Crippen molar-refractivity contribution in [3.8, 4) is 17.6 Å². The van der Waals surface area contributed by atoms with Gasteiger partial charge in [-0.1, -0.05) is 6.07 Å². The third-order valence-electron chi connectivity index (χ3n) is 4.81. The first-order chi connectivity index (χ1) is 13.7. The molecule has 8 heteroatoms. The van der Waals surface area contributed by atoms with E-state index in [1.54, 1.807) is 7.11 Å². The van der Waals surface area contributed by atoms with Gasteiger partial charge in [-0.2, -0.15) is 10.2 Å². The van der Waals surface area contributed by atoms with E-state index in [4.69, 9.17) is 20.5 Å². The Bertz CT molecular complexity index is 845. The van der Waals surface area contributed by atoms with Crippen LogP contribution in [0.25, 0.3) is 0 Å². The molecule has 0 atom stereocenters. The van der Waals surface area contributed by atoms with Gasteiger partial charge in [0.25, 0.3) is 0 Å². The highest BCUT2D eigenvalue weighted by Gasteiger charge is 2.24. The van der Waals surface area contributed by atoms with E-state index in [0.717, 1.165) is 31.5 Å². The monoisotopic (exact) mass is 382 g/mol. The summed E-state index contributed by atoms with van der Waals surface area (Å²) in [5.74, 6) is 2.17. The van der Waals surface area contributed by atoms with E-state index in [0.29, 0.717) is 30.6 Å². The number of piperidine rings is 1. The van der Waals surface area contributed by atoms with Gasteiger partial charge in [0.15, 0.2) is 11.5 Å². The van der Waals surface area contributed by atoms with E-state index in [1.165, 1.54) is 6.20 Å². The summed E-state index contributed by atoms with van der Waals surface area (Å²) in [5.41, 5.74) is 7.30. The summed E-state index contributed by atoms with van der Waals surface area (Å²) in [6.45, 7) is 5.01. The maximum absolute atomic E-state index is 9.10. The summed E-state index contributed by atoms with van der Waals surface area (Å²) < 4.78 is 11.1. The van der Waals surface area contributed by atoms with Crippen LogP contribution in [0.2, 0.25) is 0 Å². The highest BCUT2D eigenvalue weighted by molar-refractivity contribution is 5.51. The van der Waals surface area contributed by atoms with Crippen molar-refractivity contribution in [3.63, 3.8) is 0 Å². The first-order valence-corrected chi connectivity index (χ1v) is 9.46. The van der Waals surface area contributed by atoms with E-state index in [-0.39, 0.29) is 17.4 Å². The number of benzene rings is 1. The van der Waals surface area contributed by atoms with Crippen molar-refractivity contribution >= 4 is 11.8 Å². The fourth-order valence-electron chi connectivity index (χ4n) is 3.38. The molecule has 1 aliphatic rings. The van der Waals surface area contributed by atoms with Gasteiger partial charge in [-0.3, -0.25) is 0 Å². The zero-order chi connectivity index (χ0) is 19.9. The number of nitrogen functional groups attached to an aromatic ring is 1. The van der Waals surface area contributed by atoms with E-state index in [1.807, 2.05) is 31.2 Å². The SMILES string of the molecule is CCOc1cc(CN(c2ncc(C#N)c(N)n2)C2CCNCC2)ccc1OC. The average Bonchev–Trinajstić information content (AvgIpc) is 2.73. The number of nitrogens with one attached hydrogen (secondary N) is 1. The van der Waals surface area contributed by atoms with Crippen LogP contribution >= 0.6 is 0 Å². The second kappa shape index (κ2) is 9.24. The number of methoxy groups -OCH3 is 1. The molecular weight excluding hydrogens is 356 g/mol. The molecule has 0 bridgehead atoms. The second-order valence-electron chi connectivity index (χ2n) is 6.61. The Hall–Kier alpha value is -3.05. The maximum Gasteiger partial charge on any atom is 0.227 e. The molecule has 1 aliphatic heterocycles. The van der Waals surface area contributed by atoms with Crippen LogP contribution in [0.4, 0.5) is 11.8 Å². The van der Waals surface area contributed by atoms with Gasteiger partial charge in [0, 0.05) is 12.6 Å². The quantitative estimate of drug-likeness (QED) is 0.749. The van der Waals surface area contributed by atoms with Crippen molar-refractivity contribution in [2.24, 2.45) is 0 Å². The zero-order valence-electron chi connectivity index (χ0n) is 16.3. The van der Waals surface area contributed by atoms with Gasteiger partial charge in [0.05, 0.1) is 19.9 Å². The molecule has 3 N–H and O–H groups in total. The van der Waals surface area contributed by atoms with Crippen LogP contribution in [-0.4, -0.2) is 42.8 Å². The molecule has 148 valence electrons. The van der Waals surface area contributed by atoms with Crippen molar-refractivity contribution in [2.75, 3.05) is 37.4 Å². The minimum atomic E-state index is 0.205. The highest BCUT2D eigenvalue weighted by atomic mass is 16.5. The maximum atomic E-state index is 9.10. The smallest absolute Gasteiger partial charge is 0.227 e. The summed E-state index contributed by atoms with van der Waals surface area (Å²) in [7, 11) is 1.63. The molecule has 1 fully saturated rings. The second-order valence-corrected chi connectivity index (χ2v) is 6.61. The highest BCUT2D eigenvalue weighted by Crippen LogP contribution is 2.30. The number of aromatic nitrogens is 2. The molecule has 8 nitrogen and oxygen atoms in total. The molecule has 2 aromatic rings. The van der Waals surface area contributed by atoms with Crippen LogP contribution in [0.15, 0.2) is 24.4 Å². The molecule has 0 saturated carbocycles. The molecule has 1 aromatic heterocycles. The normalized spacial score (nSPS) is 14.3. The first-order valence-electron chi connectivity index (χ1n) is 9.46. The first kappa shape index (κ1) is 19.7. The number of hydrogen-bond donors (Lipinski definition) is 2. The Kier molecular flexibility index (Phi) is 6.50. The molecule has 0 aliphatic carbocycles. The fourth-order valence-corrected chi connectivity index (χ4v) is 3.38. The molecule has 0 radical (unpaired) electrons. The third-order valence-corrected chi connectivity index (χ3v) is 4.81. The van der Waals surface area contributed by atoms with Crippen molar-refractivity contribution in [1.29, 1.82) is 5.26 Å².